The second-order valence-corrected chi connectivity index (χ2v) is 9.83. The average molecular weight is 464 g/mol. The molecule has 1 aromatic heterocycles. The molecule has 1 amide bonds. The van der Waals surface area contributed by atoms with Gasteiger partial charge in [0.05, 0.1) is 29.0 Å². The van der Waals surface area contributed by atoms with Gasteiger partial charge in [-0.05, 0) is 30.3 Å². The number of H-pyrrole nitrogens is 1. The Morgan fingerprint density at radius 3 is 2.52 bits per heavy atom. The molecule has 0 bridgehead atoms. The molecule has 0 spiro atoms. The van der Waals surface area contributed by atoms with E-state index in [0.717, 1.165) is 28.7 Å². The summed E-state index contributed by atoms with van der Waals surface area (Å²) in [6.45, 7) is 1.16. The fraction of sp³-hybridized carbons (Fsp3) is 0.167. The SMILES string of the molecule is CS(=O)(=O)c1ccc(Oc2cc3nc(-c4ccccc4)[nH]c3cc2CN2CCOC2=O)cc1. The second kappa shape index (κ2) is 8.25. The van der Waals surface area contributed by atoms with E-state index >= 15 is 0 Å². The molecule has 1 aliphatic heterocycles. The number of imidazole rings is 1. The number of carbonyl (C=O) groups is 1. The van der Waals surface area contributed by atoms with Crippen molar-refractivity contribution >= 4 is 27.0 Å². The Kier molecular flexibility index (Phi) is 5.26. The molecular formula is C24H21N3O5S. The topological polar surface area (TPSA) is 102 Å². The maximum atomic E-state index is 12.0. The normalized spacial score (nSPS) is 14.0. The van der Waals surface area contributed by atoms with E-state index in [0.29, 0.717) is 36.7 Å². The number of benzene rings is 3. The van der Waals surface area contributed by atoms with Crippen LogP contribution < -0.4 is 4.74 Å². The maximum Gasteiger partial charge on any atom is 0.410 e. The molecule has 8 nitrogen and oxygen atoms in total. The van der Waals surface area contributed by atoms with Crippen LogP contribution in [0.25, 0.3) is 22.4 Å². The van der Waals surface area contributed by atoms with E-state index in [-0.39, 0.29) is 11.0 Å². The highest BCUT2D eigenvalue weighted by molar-refractivity contribution is 7.90. The quantitative estimate of drug-likeness (QED) is 0.455. The number of nitrogens with zero attached hydrogens (tertiary/aromatic N) is 2. The molecule has 0 saturated carbocycles. The number of carbonyl (C=O) groups excluding carboxylic acids is 1. The number of sulfone groups is 1. The highest BCUT2D eigenvalue weighted by Gasteiger charge is 2.24. The van der Waals surface area contributed by atoms with Crippen LogP contribution in [0.4, 0.5) is 4.79 Å². The lowest BCUT2D eigenvalue weighted by atomic mass is 10.1. The molecular weight excluding hydrogens is 442 g/mol. The number of rotatable bonds is 6. The number of amides is 1. The molecule has 0 atom stereocenters. The van der Waals surface area contributed by atoms with E-state index in [4.69, 9.17) is 14.5 Å². The molecule has 0 aliphatic carbocycles. The fourth-order valence-corrected chi connectivity index (χ4v) is 4.32. The van der Waals surface area contributed by atoms with Crippen molar-refractivity contribution < 1.29 is 22.7 Å². The third kappa shape index (κ3) is 4.40. The van der Waals surface area contributed by atoms with Crippen molar-refractivity contribution in [3.63, 3.8) is 0 Å². The Balaban J connectivity index is 1.54. The van der Waals surface area contributed by atoms with Gasteiger partial charge in [0.1, 0.15) is 23.9 Å². The summed E-state index contributed by atoms with van der Waals surface area (Å²) in [4.78, 5) is 21.9. The third-order valence-electron chi connectivity index (χ3n) is 5.40. The minimum absolute atomic E-state index is 0.213. The van der Waals surface area contributed by atoms with Crippen LogP contribution in [0.5, 0.6) is 11.5 Å². The summed E-state index contributed by atoms with van der Waals surface area (Å²) in [5, 5.41) is 0. The van der Waals surface area contributed by atoms with Crippen molar-refractivity contribution in [2.24, 2.45) is 0 Å². The molecule has 4 aromatic rings. The summed E-state index contributed by atoms with van der Waals surface area (Å²) in [7, 11) is -3.30. The van der Waals surface area contributed by atoms with Gasteiger partial charge in [0.25, 0.3) is 0 Å². The first-order chi connectivity index (χ1) is 15.9. The molecule has 2 heterocycles. The first kappa shape index (κ1) is 21.0. The largest absolute Gasteiger partial charge is 0.457 e. The van der Waals surface area contributed by atoms with Crippen LogP contribution in [0.1, 0.15) is 5.56 Å². The van der Waals surface area contributed by atoms with Crippen LogP contribution in [-0.2, 0) is 21.1 Å². The number of hydrogen-bond acceptors (Lipinski definition) is 6. The molecule has 5 rings (SSSR count). The van der Waals surface area contributed by atoms with Crippen molar-refractivity contribution in [3.8, 4) is 22.9 Å². The van der Waals surface area contributed by atoms with Crippen LogP contribution >= 0.6 is 0 Å². The molecule has 1 N–H and O–H groups in total. The fourth-order valence-electron chi connectivity index (χ4n) is 3.69. The van der Waals surface area contributed by atoms with Crippen molar-refractivity contribution in [3.05, 3.63) is 72.3 Å². The second-order valence-electron chi connectivity index (χ2n) is 7.81. The molecule has 33 heavy (non-hydrogen) atoms. The highest BCUT2D eigenvalue weighted by Crippen LogP contribution is 2.32. The van der Waals surface area contributed by atoms with Gasteiger partial charge >= 0.3 is 6.09 Å². The Hall–Kier alpha value is -3.85. The van der Waals surface area contributed by atoms with Gasteiger partial charge in [-0.3, -0.25) is 0 Å². The lowest BCUT2D eigenvalue weighted by Crippen LogP contribution is -2.23. The van der Waals surface area contributed by atoms with Gasteiger partial charge in [-0.1, -0.05) is 30.3 Å². The lowest BCUT2D eigenvalue weighted by molar-refractivity contribution is 0.157. The van der Waals surface area contributed by atoms with Gasteiger partial charge in [0, 0.05) is 23.4 Å². The molecule has 9 heteroatoms. The molecule has 1 aliphatic rings. The van der Waals surface area contributed by atoms with Crippen LogP contribution in [0.3, 0.4) is 0 Å². The predicted octanol–water partition coefficient (Wildman–Crippen LogP) is 4.38. The monoisotopic (exact) mass is 463 g/mol. The summed E-state index contributed by atoms with van der Waals surface area (Å²) < 4.78 is 34.7. The summed E-state index contributed by atoms with van der Waals surface area (Å²) in [5.41, 5.74) is 3.26. The van der Waals surface area contributed by atoms with E-state index in [1.807, 2.05) is 42.5 Å². The zero-order chi connectivity index (χ0) is 23.0. The lowest BCUT2D eigenvalue weighted by Gasteiger charge is -2.16. The molecule has 1 fully saturated rings. The minimum Gasteiger partial charge on any atom is -0.457 e. The predicted molar refractivity (Wildman–Crippen MR) is 123 cm³/mol. The Morgan fingerprint density at radius 2 is 1.85 bits per heavy atom. The van der Waals surface area contributed by atoms with Gasteiger partial charge in [-0.2, -0.15) is 0 Å². The number of aromatic amines is 1. The van der Waals surface area contributed by atoms with Crippen LogP contribution in [0.15, 0.2) is 71.6 Å². The average Bonchev–Trinajstić information content (AvgIpc) is 3.40. The molecule has 1 saturated heterocycles. The van der Waals surface area contributed by atoms with E-state index in [1.54, 1.807) is 17.0 Å². The van der Waals surface area contributed by atoms with E-state index in [9.17, 15) is 13.2 Å². The Labute approximate surface area is 190 Å². The van der Waals surface area contributed by atoms with Gasteiger partial charge in [-0.15, -0.1) is 0 Å². The number of aromatic nitrogens is 2. The number of fused-ring (bicyclic) bond motifs is 1. The van der Waals surface area contributed by atoms with Gasteiger partial charge in [-0.25, -0.2) is 18.2 Å². The zero-order valence-corrected chi connectivity index (χ0v) is 18.6. The van der Waals surface area contributed by atoms with Gasteiger partial charge < -0.3 is 19.4 Å². The first-order valence-electron chi connectivity index (χ1n) is 10.3. The molecule has 0 unspecified atom stereocenters. The first-order valence-corrected chi connectivity index (χ1v) is 12.2. The summed E-state index contributed by atoms with van der Waals surface area (Å²) in [5.74, 6) is 1.73. The molecule has 168 valence electrons. The highest BCUT2D eigenvalue weighted by atomic mass is 32.2. The summed E-state index contributed by atoms with van der Waals surface area (Å²) in [6, 6.07) is 19.7. The summed E-state index contributed by atoms with van der Waals surface area (Å²) >= 11 is 0. The number of ether oxygens (including phenoxy) is 2. The molecule has 3 aromatic carbocycles. The number of hydrogen-bond donors (Lipinski definition) is 1. The van der Waals surface area contributed by atoms with Crippen molar-refractivity contribution in [2.45, 2.75) is 11.4 Å². The van der Waals surface area contributed by atoms with Gasteiger partial charge in [0.15, 0.2) is 9.84 Å². The van der Waals surface area contributed by atoms with Crippen molar-refractivity contribution in [1.29, 1.82) is 0 Å². The van der Waals surface area contributed by atoms with Crippen LogP contribution in [-0.4, -0.2) is 48.8 Å². The van der Waals surface area contributed by atoms with E-state index < -0.39 is 9.84 Å². The standard InChI is InChI=1S/C24H21N3O5S/c1-33(29,30)19-9-7-18(8-10-19)32-22-14-21-20(13-17(22)15-27-11-12-31-24(27)28)25-23(26-21)16-5-3-2-4-6-16/h2-10,13-14H,11-12,15H2,1H3,(H,25,26). The summed E-state index contributed by atoms with van der Waals surface area (Å²) in [6.07, 6.45) is 0.791. The number of nitrogens with one attached hydrogen (secondary N) is 1. The zero-order valence-electron chi connectivity index (χ0n) is 17.8. The van der Waals surface area contributed by atoms with E-state index in [2.05, 4.69) is 4.98 Å². The van der Waals surface area contributed by atoms with Crippen molar-refractivity contribution in [2.75, 3.05) is 19.4 Å². The van der Waals surface area contributed by atoms with Gasteiger partial charge in [0.2, 0.25) is 0 Å². The van der Waals surface area contributed by atoms with Crippen molar-refractivity contribution in [1.82, 2.24) is 14.9 Å². The smallest absolute Gasteiger partial charge is 0.410 e. The third-order valence-corrected chi connectivity index (χ3v) is 6.53. The Bertz CT molecular complexity index is 1430. The maximum absolute atomic E-state index is 12.0. The minimum atomic E-state index is -3.30. The molecule has 0 radical (unpaired) electrons. The number of cyclic esters (lactones) is 1. The van der Waals surface area contributed by atoms with E-state index in [1.165, 1.54) is 12.1 Å². The van der Waals surface area contributed by atoms with Crippen LogP contribution in [0.2, 0.25) is 0 Å². The Morgan fingerprint density at radius 1 is 1.09 bits per heavy atom. The van der Waals surface area contributed by atoms with Crippen LogP contribution in [0, 0.1) is 0 Å².